The van der Waals surface area contributed by atoms with Crippen molar-refractivity contribution in [1.29, 1.82) is 0 Å². The Balaban J connectivity index is 3.05. The van der Waals surface area contributed by atoms with E-state index in [-0.39, 0.29) is 12.0 Å². The maximum Gasteiger partial charge on any atom is 0.454 e. The van der Waals surface area contributed by atoms with Gasteiger partial charge in [-0.1, -0.05) is 25.1 Å². The molecule has 0 aromatic heterocycles. The lowest BCUT2D eigenvalue weighted by atomic mass is 10.1. The molecule has 0 aliphatic heterocycles. The minimum atomic E-state index is -4.82. The molecule has 0 heterocycles. The standard InChI is InChI=1S/C14H16F3NO/c1-3-11(13(19)14(15,16)17)10-18(4-2)12-8-6-5-7-9-12/h5-10H,3-4H2,1-2H3/b11-10-. The molecule has 0 unspecified atom stereocenters. The van der Waals surface area contributed by atoms with E-state index in [0.717, 1.165) is 5.69 Å². The molecule has 0 N–H and O–H groups in total. The van der Waals surface area contributed by atoms with Gasteiger partial charge >= 0.3 is 6.18 Å². The van der Waals surface area contributed by atoms with E-state index in [0.29, 0.717) is 6.54 Å². The fourth-order valence-electron chi connectivity index (χ4n) is 1.65. The van der Waals surface area contributed by atoms with E-state index >= 15 is 0 Å². The molecule has 0 fully saturated rings. The van der Waals surface area contributed by atoms with Crippen molar-refractivity contribution in [2.45, 2.75) is 26.4 Å². The first-order valence-electron chi connectivity index (χ1n) is 6.04. The van der Waals surface area contributed by atoms with Gasteiger partial charge in [-0.2, -0.15) is 13.2 Å². The van der Waals surface area contributed by atoms with Crippen molar-refractivity contribution in [2.75, 3.05) is 11.4 Å². The van der Waals surface area contributed by atoms with Crippen molar-refractivity contribution >= 4 is 11.5 Å². The van der Waals surface area contributed by atoms with E-state index in [1.807, 2.05) is 13.0 Å². The Morgan fingerprint density at radius 2 is 1.79 bits per heavy atom. The molecule has 0 aliphatic carbocycles. The number of rotatable bonds is 5. The van der Waals surface area contributed by atoms with Gasteiger partial charge in [-0.25, -0.2) is 0 Å². The first-order chi connectivity index (χ1) is 8.90. The maximum absolute atomic E-state index is 12.4. The normalized spacial score (nSPS) is 12.4. The summed E-state index contributed by atoms with van der Waals surface area (Å²) >= 11 is 0. The van der Waals surface area contributed by atoms with E-state index < -0.39 is 12.0 Å². The van der Waals surface area contributed by atoms with E-state index in [1.165, 1.54) is 13.1 Å². The van der Waals surface area contributed by atoms with Crippen LogP contribution >= 0.6 is 0 Å². The van der Waals surface area contributed by atoms with Gasteiger partial charge in [0, 0.05) is 24.0 Å². The van der Waals surface area contributed by atoms with Crippen molar-refractivity contribution in [3.63, 3.8) is 0 Å². The van der Waals surface area contributed by atoms with Crippen molar-refractivity contribution in [3.8, 4) is 0 Å². The molecule has 0 saturated heterocycles. The van der Waals surface area contributed by atoms with Crippen molar-refractivity contribution in [3.05, 3.63) is 42.1 Å². The minimum Gasteiger partial charge on any atom is -0.348 e. The van der Waals surface area contributed by atoms with Crippen molar-refractivity contribution in [1.82, 2.24) is 0 Å². The van der Waals surface area contributed by atoms with E-state index in [9.17, 15) is 18.0 Å². The quantitative estimate of drug-likeness (QED) is 0.756. The van der Waals surface area contributed by atoms with Gasteiger partial charge in [0.2, 0.25) is 0 Å². The van der Waals surface area contributed by atoms with Crippen LogP contribution in [0.4, 0.5) is 18.9 Å². The second-order valence-corrected chi connectivity index (χ2v) is 3.96. The fraction of sp³-hybridized carbons (Fsp3) is 0.357. The van der Waals surface area contributed by atoms with Crippen LogP contribution in [-0.2, 0) is 4.79 Å². The molecule has 0 saturated carbocycles. The monoisotopic (exact) mass is 271 g/mol. The van der Waals surface area contributed by atoms with Crippen LogP contribution in [0, 0.1) is 0 Å². The van der Waals surface area contributed by atoms with Gasteiger partial charge in [-0.15, -0.1) is 0 Å². The topological polar surface area (TPSA) is 20.3 Å². The highest BCUT2D eigenvalue weighted by Crippen LogP contribution is 2.24. The van der Waals surface area contributed by atoms with Crippen LogP contribution < -0.4 is 4.90 Å². The third kappa shape index (κ3) is 4.12. The van der Waals surface area contributed by atoms with E-state index in [1.54, 1.807) is 29.2 Å². The second kappa shape index (κ2) is 6.41. The molecule has 0 amide bonds. The summed E-state index contributed by atoms with van der Waals surface area (Å²) in [5, 5.41) is 0. The summed E-state index contributed by atoms with van der Waals surface area (Å²) in [5.74, 6) is -1.77. The lowest BCUT2D eigenvalue weighted by Crippen LogP contribution is -2.26. The molecule has 19 heavy (non-hydrogen) atoms. The van der Waals surface area contributed by atoms with Crippen molar-refractivity contribution < 1.29 is 18.0 Å². The van der Waals surface area contributed by atoms with E-state index in [4.69, 9.17) is 0 Å². The molecule has 0 bridgehead atoms. The van der Waals surface area contributed by atoms with Gasteiger partial charge in [-0.05, 0) is 25.5 Å². The van der Waals surface area contributed by atoms with Crippen LogP contribution in [0.5, 0.6) is 0 Å². The molecule has 2 nitrogen and oxygen atoms in total. The number of para-hydroxylation sites is 1. The number of halogens is 3. The van der Waals surface area contributed by atoms with Gasteiger partial charge in [0.1, 0.15) is 0 Å². The zero-order valence-electron chi connectivity index (χ0n) is 10.9. The average Bonchev–Trinajstić information content (AvgIpc) is 2.39. The third-order valence-electron chi connectivity index (χ3n) is 2.67. The van der Waals surface area contributed by atoms with Crippen molar-refractivity contribution in [2.24, 2.45) is 0 Å². The summed E-state index contributed by atoms with van der Waals surface area (Å²) in [5.41, 5.74) is 0.518. The lowest BCUT2D eigenvalue weighted by molar-refractivity contribution is -0.166. The Morgan fingerprint density at radius 3 is 2.21 bits per heavy atom. The smallest absolute Gasteiger partial charge is 0.348 e. The second-order valence-electron chi connectivity index (χ2n) is 3.96. The predicted molar refractivity (Wildman–Crippen MR) is 68.9 cm³/mol. The summed E-state index contributed by atoms with van der Waals surface area (Å²) in [6, 6.07) is 8.98. The Kier molecular flexibility index (Phi) is 5.15. The minimum absolute atomic E-state index is 0.0433. The third-order valence-corrected chi connectivity index (χ3v) is 2.67. The fourth-order valence-corrected chi connectivity index (χ4v) is 1.65. The Bertz CT molecular complexity index is 452. The highest BCUT2D eigenvalue weighted by Gasteiger charge is 2.40. The largest absolute Gasteiger partial charge is 0.454 e. The summed E-state index contributed by atoms with van der Waals surface area (Å²) in [6.07, 6.45) is -3.50. The first kappa shape index (κ1) is 15.3. The Labute approximate surface area is 110 Å². The molecule has 1 aromatic carbocycles. The summed E-state index contributed by atoms with van der Waals surface area (Å²) < 4.78 is 37.3. The highest BCUT2D eigenvalue weighted by atomic mass is 19.4. The first-order valence-corrected chi connectivity index (χ1v) is 6.04. The van der Waals surface area contributed by atoms with Crippen LogP contribution in [-0.4, -0.2) is 18.5 Å². The summed E-state index contributed by atoms with van der Waals surface area (Å²) in [6.45, 7) is 3.84. The van der Waals surface area contributed by atoms with Gasteiger partial charge in [0.15, 0.2) is 0 Å². The molecule has 0 atom stereocenters. The lowest BCUT2D eigenvalue weighted by Gasteiger charge is -2.20. The van der Waals surface area contributed by atoms with Gasteiger partial charge in [-0.3, -0.25) is 4.79 Å². The number of carbonyl (C=O) groups excluding carboxylic acids is 1. The van der Waals surface area contributed by atoms with Gasteiger partial charge < -0.3 is 4.90 Å². The number of Topliss-reactive ketones (excluding diaryl/α,β-unsaturated/α-hetero) is 1. The molecule has 0 aliphatic rings. The molecular formula is C14H16F3NO. The zero-order valence-corrected chi connectivity index (χ0v) is 10.9. The summed E-state index contributed by atoms with van der Waals surface area (Å²) in [4.78, 5) is 12.9. The van der Waals surface area contributed by atoms with Gasteiger partial charge in [0.25, 0.3) is 5.78 Å². The number of hydrogen-bond donors (Lipinski definition) is 0. The van der Waals surface area contributed by atoms with Crippen LogP contribution in [0.25, 0.3) is 0 Å². The molecule has 5 heteroatoms. The molecule has 1 rings (SSSR count). The number of hydrogen-bond acceptors (Lipinski definition) is 2. The highest BCUT2D eigenvalue weighted by molar-refractivity contribution is 5.99. The SMILES string of the molecule is CC/C(=C/N(CC)c1ccccc1)C(=O)C(F)(F)F. The number of allylic oxidation sites excluding steroid dienone is 1. The molecular weight excluding hydrogens is 255 g/mol. The number of nitrogens with zero attached hydrogens (tertiary/aromatic N) is 1. The number of benzene rings is 1. The molecule has 104 valence electrons. The average molecular weight is 271 g/mol. The number of anilines is 1. The van der Waals surface area contributed by atoms with Gasteiger partial charge in [0.05, 0.1) is 0 Å². The molecule has 0 radical (unpaired) electrons. The molecule has 0 spiro atoms. The Morgan fingerprint density at radius 1 is 1.21 bits per heavy atom. The number of alkyl halides is 3. The molecule has 1 aromatic rings. The summed E-state index contributed by atoms with van der Waals surface area (Å²) in [7, 11) is 0. The number of ketones is 1. The zero-order chi connectivity index (χ0) is 14.5. The Hall–Kier alpha value is -1.78. The number of carbonyl (C=O) groups is 1. The predicted octanol–water partition coefficient (Wildman–Crippen LogP) is 3.94. The van der Waals surface area contributed by atoms with Crippen LogP contribution in [0.3, 0.4) is 0 Å². The van der Waals surface area contributed by atoms with Crippen LogP contribution in [0.15, 0.2) is 42.1 Å². The van der Waals surface area contributed by atoms with Crippen LogP contribution in [0.2, 0.25) is 0 Å². The maximum atomic E-state index is 12.4. The van der Waals surface area contributed by atoms with Crippen LogP contribution in [0.1, 0.15) is 20.3 Å². The van der Waals surface area contributed by atoms with E-state index in [2.05, 4.69) is 0 Å².